The zero-order valence-corrected chi connectivity index (χ0v) is 22.5. The molecule has 8 nitrogen and oxygen atoms in total. The van der Waals surface area contributed by atoms with Gasteiger partial charge in [0, 0.05) is 24.1 Å². The van der Waals surface area contributed by atoms with E-state index in [9.17, 15) is 14.3 Å². The molecule has 0 saturated carbocycles. The van der Waals surface area contributed by atoms with Crippen molar-refractivity contribution in [2.75, 3.05) is 19.8 Å². The minimum absolute atomic E-state index is 0.200. The van der Waals surface area contributed by atoms with Crippen molar-refractivity contribution in [2.45, 2.75) is 51.5 Å². The number of carbonyl (C=O) groups is 1. The smallest absolute Gasteiger partial charge is 0.407 e. The second kappa shape index (κ2) is 12.9. The van der Waals surface area contributed by atoms with Gasteiger partial charge in [0.2, 0.25) is 0 Å². The Morgan fingerprint density at radius 1 is 1.18 bits per heavy atom. The third-order valence-corrected chi connectivity index (χ3v) is 6.85. The molecule has 2 unspecified atom stereocenters. The van der Waals surface area contributed by atoms with Gasteiger partial charge >= 0.3 is 6.09 Å². The van der Waals surface area contributed by atoms with Crippen molar-refractivity contribution in [3.05, 3.63) is 83.7 Å². The molecule has 3 aromatic carbocycles. The number of hydrogen-bond donors (Lipinski definition) is 2. The van der Waals surface area contributed by atoms with E-state index in [1.54, 1.807) is 13.0 Å². The van der Waals surface area contributed by atoms with Gasteiger partial charge in [-0.3, -0.25) is 0 Å². The lowest BCUT2D eigenvalue weighted by Crippen LogP contribution is -2.26. The van der Waals surface area contributed by atoms with Crippen LogP contribution in [0.15, 0.2) is 66.7 Å². The quantitative estimate of drug-likeness (QED) is 0.227. The van der Waals surface area contributed by atoms with E-state index in [0.29, 0.717) is 48.7 Å². The van der Waals surface area contributed by atoms with Gasteiger partial charge in [0.1, 0.15) is 23.9 Å². The van der Waals surface area contributed by atoms with Crippen LogP contribution in [-0.2, 0) is 16.1 Å². The van der Waals surface area contributed by atoms with Crippen LogP contribution >= 0.6 is 0 Å². The predicted octanol–water partition coefficient (Wildman–Crippen LogP) is 6.29. The molecule has 9 heteroatoms. The number of amides is 1. The van der Waals surface area contributed by atoms with Crippen molar-refractivity contribution >= 4 is 17.0 Å². The Hall–Kier alpha value is -3.95. The fraction of sp³-hybridized carbons (Fsp3) is 0.355. The van der Waals surface area contributed by atoms with Gasteiger partial charge in [0.05, 0.1) is 18.2 Å². The number of rotatable bonds is 10. The number of nitrogens with zero attached hydrogens (tertiary/aromatic N) is 2. The van der Waals surface area contributed by atoms with Crippen molar-refractivity contribution in [1.82, 2.24) is 15.1 Å². The van der Waals surface area contributed by atoms with E-state index in [0.717, 1.165) is 35.7 Å². The molecular formula is C31H34FN3O5. The number of aromatic nitrogens is 2. The summed E-state index contributed by atoms with van der Waals surface area (Å²) in [6, 6.07) is 19.7. The molecule has 2 atom stereocenters. The summed E-state index contributed by atoms with van der Waals surface area (Å²) in [5.41, 5.74) is 3.44. The van der Waals surface area contributed by atoms with Crippen molar-refractivity contribution in [3.8, 4) is 17.0 Å². The van der Waals surface area contributed by atoms with Crippen molar-refractivity contribution in [3.63, 3.8) is 0 Å². The van der Waals surface area contributed by atoms with Crippen LogP contribution in [0.4, 0.5) is 9.18 Å². The molecule has 0 spiro atoms. The van der Waals surface area contributed by atoms with Crippen LogP contribution in [0, 0.1) is 5.82 Å². The maximum Gasteiger partial charge on any atom is 0.407 e. The Labute approximate surface area is 232 Å². The zero-order chi connectivity index (χ0) is 27.9. The summed E-state index contributed by atoms with van der Waals surface area (Å²) in [6.07, 6.45) is 2.00. The van der Waals surface area contributed by atoms with E-state index >= 15 is 0 Å². The third kappa shape index (κ3) is 6.78. The monoisotopic (exact) mass is 547 g/mol. The molecule has 1 aliphatic rings. The SMILES string of the molecule is CC(O)c1cc(F)cc(-c2nn(C3CCCCO3)c3ccc(OCCCNC(=O)OCc4ccccc4)cc23)c1. The molecular weight excluding hydrogens is 513 g/mol. The fourth-order valence-corrected chi connectivity index (χ4v) is 4.78. The molecule has 4 aromatic rings. The van der Waals surface area contributed by atoms with Crippen LogP contribution < -0.4 is 10.1 Å². The molecule has 210 valence electrons. The van der Waals surface area contributed by atoms with Crippen molar-refractivity contribution in [1.29, 1.82) is 0 Å². The number of halogens is 1. The van der Waals surface area contributed by atoms with Gasteiger partial charge in [-0.1, -0.05) is 30.3 Å². The van der Waals surface area contributed by atoms with Gasteiger partial charge in [0.15, 0.2) is 6.23 Å². The number of ether oxygens (including phenoxy) is 3. The zero-order valence-electron chi connectivity index (χ0n) is 22.5. The number of alkyl carbamates (subject to hydrolysis) is 1. The van der Waals surface area contributed by atoms with Crippen LogP contribution in [0.3, 0.4) is 0 Å². The summed E-state index contributed by atoms with van der Waals surface area (Å²) >= 11 is 0. The van der Waals surface area contributed by atoms with Crippen LogP contribution in [0.2, 0.25) is 0 Å². The van der Waals surface area contributed by atoms with E-state index in [2.05, 4.69) is 5.32 Å². The number of carbonyl (C=O) groups excluding carboxylic acids is 1. The van der Waals surface area contributed by atoms with E-state index < -0.39 is 18.0 Å². The summed E-state index contributed by atoms with van der Waals surface area (Å²) in [7, 11) is 0. The van der Waals surface area contributed by atoms with Gasteiger partial charge in [0.25, 0.3) is 0 Å². The molecule has 1 fully saturated rings. The lowest BCUT2D eigenvalue weighted by Gasteiger charge is -2.23. The summed E-state index contributed by atoms with van der Waals surface area (Å²) < 4.78 is 33.6. The molecule has 1 aliphatic heterocycles. The van der Waals surface area contributed by atoms with Gasteiger partial charge in [-0.15, -0.1) is 0 Å². The molecule has 0 radical (unpaired) electrons. The number of benzene rings is 3. The standard InChI is InChI=1S/C31H34FN3O5/c1-21(36)23-16-24(18-25(32)17-23)30-27-19-26(11-12-28(27)35(34-30)29-10-5-6-14-39-29)38-15-7-13-33-31(37)40-20-22-8-3-2-4-9-22/h2-4,8-9,11-12,16-19,21,29,36H,5-7,10,13-15,20H2,1H3,(H,33,37). The molecule has 1 saturated heterocycles. The average Bonchev–Trinajstić information content (AvgIpc) is 3.35. The highest BCUT2D eigenvalue weighted by molar-refractivity contribution is 5.94. The Morgan fingerprint density at radius 3 is 2.80 bits per heavy atom. The molecule has 5 rings (SSSR count). The van der Waals surface area contributed by atoms with E-state index in [4.69, 9.17) is 19.3 Å². The Kier molecular flexibility index (Phi) is 8.93. The van der Waals surface area contributed by atoms with Crippen LogP contribution in [-0.4, -0.2) is 40.7 Å². The summed E-state index contributed by atoms with van der Waals surface area (Å²) in [4.78, 5) is 12.0. The van der Waals surface area contributed by atoms with Crippen molar-refractivity contribution in [2.24, 2.45) is 0 Å². The maximum absolute atomic E-state index is 14.5. The Morgan fingerprint density at radius 2 is 2.02 bits per heavy atom. The average molecular weight is 548 g/mol. The first-order valence-corrected chi connectivity index (χ1v) is 13.7. The van der Waals surface area contributed by atoms with E-state index in [-0.39, 0.29) is 12.8 Å². The Bertz CT molecular complexity index is 1430. The number of hydrogen-bond acceptors (Lipinski definition) is 6. The van der Waals surface area contributed by atoms with E-state index in [1.165, 1.54) is 12.1 Å². The molecule has 1 aromatic heterocycles. The highest BCUT2D eigenvalue weighted by Crippen LogP contribution is 2.36. The lowest BCUT2D eigenvalue weighted by molar-refractivity contribution is -0.0365. The molecule has 0 bridgehead atoms. The van der Waals surface area contributed by atoms with Gasteiger partial charge in [-0.2, -0.15) is 5.10 Å². The highest BCUT2D eigenvalue weighted by Gasteiger charge is 2.23. The second-order valence-corrected chi connectivity index (χ2v) is 9.93. The number of aliphatic hydroxyl groups is 1. The van der Waals surface area contributed by atoms with Gasteiger partial charge in [-0.25, -0.2) is 13.9 Å². The first-order chi connectivity index (χ1) is 19.5. The van der Waals surface area contributed by atoms with Gasteiger partial charge in [-0.05, 0) is 80.1 Å². The maximum atomic E-state index is 14.5. The molecule has 2 heterocycles. The van der Waals surface area contributed by atoms with Gasteiger partial charge < -0.3 is 24.6 Å². The minimum atomic E-state index is -0.812. The number of nitrogens with one attached hydrogen (secondary N) is 1. The first-order valence-electron chi connectivity index (χ1n) is 13.7. The van der Waals surface area contributed by atoms with Crippen LogP contribution in [0.1, 0.15) is 56.1 Å². The summed E-state index contributed by atoms with van der Waals surface area (Å²) in [6.45, 7) is 3.28. The minimum Gasteiger partial charge on any atom is -0.494 e. The number of aliphatic hydroxyl groups excluding tert-OH is 1. The molecule has 2 N–H and O–H groups in total. The third-order valence-electron chi connectivity index (χ3n) is 6.85. The summed E-state index contributed by atoms with van der Waals surface area (Å²) in [5, 5.41) is 18.5. The highest BCUT2D eigenvalue weighted by atomic mass is 19.1. The van der Waals surface area contributed by atoms with Crippen LogP contribution in [0.5, 0.6) is 5.75 Å². The molecule has 0 aliphatic carbocycles. The molecule has 40 heavy (non-hydrogen) atoms. The normalized spacial score (nSPS) is 16.0. The predicted molar refractivity (Wildman–Crippen MR) is 149 cm³/mol. The van der Waals surface area contributed by atoms with E-state index in [1.807, 2.05) is 53.2 Å². The molecule has 1 amide bonds. The largest absolute Gasteiger partial charge is 0.494 e. The lowest BCUT2D eigenvalue weighted by atomic mass is 10.0. The fourth-order valence-electron chi connectivity index (χ4n) is 4.78. The first kappa shape index (κ1) is 27.6. The van der Waals surface area contributed by atoms with Crippen molar-refractivity contribution < 1.29 is 28.5 Å². The number of fused-ring (bicyclic) bond motifs is 1. The summed E-state index contributed by atoms with van der Waals surface area (Å²) in [5.74, 6) is 0.198. The Balaban J connectivity index is 1.27. The van der Waals surface area contributed by atoms with Crippen LogP contribution in [0.25, 0.3) is 22.2 Å². The second-order valence-electron chi connectivity index (χ2n) is 9.93. The topological polar surface area (TPSA) is 94.8 Å².